The van der Waals surface area contributed by atoms with Crippen LogP contribution in [-0.4, -0.2) is 27.7 Å². The monoisotopic (exact) mass is 346 g/mol. The standard InChI is InChI=1S/C18H22N2O3S/c21-24(22,20-17-10-12-23-13-11-17)18-8-6-16(7-9-18)19-14-15-4-2-1-3-5-15/h1-9,17,19-20H,10-14H2. The molecule has 0 aliphatic carbocycles. The zero-order valence-corrected chi connectivity index (χ0v) is 14.3. The molecule has 5 nitrogen and oxygen atoms in total. The van der Waals surface area contributed by atoms with Gasteiger partial charge in [0.2, 0.25) is 10.0 Å². The Kier molecular flexibility index (Phi) is 5.50. The first-order valence-electron chi connectivity index (χ1n) is 8.11. The number of rotatable bonds is 6. The highest BCUT2D eigenvalue weighted by molar-refractivity contribution is 7.89. The third-order valence-corrected chi connectivity index (χ3v) is 5.58. The Morgan fingerprint density at radius 2 is 1.62 bits per heavy atom. The Balaban J connectivity index is 1.60. The van der Waals surface area contributed by atoms with Crippen LogP contribution in [0.15, 0.2) is 59.5 Å². The summed E-state index contributed by atoms with van der Waals surface area (Å²) in [6.07, 6.45) is 1.44. The zero-order chi connectivity index (χ0) is 16.8. The molecule has 1 saturated heterocycles. The SMILES string of the molecule is O=S(=O)(NC1CCOCC1)c1ccc(NCc2ccccc2)cc1. The molecule has 0 saturated carbocycles. The van der Waals surface area contributed by atoms with Gasteiger partial charge in [-0.1, -0.05) is 30.3 Å². The van der Waals surface area contributed by atoms with Crippen LogP contribution in [0.2, 0.25) is 0 Å². The molecule has 0 spiro atoms. The van der Waals surface area contributed by atoms with Crippen molar-refractivity contribution in [3.05, 3.63) is 60.2 Å². The Morgan fingerprint density at radius 3 is 2.29 bits per heavy atom. The van der Waals surface area contributed by atoms with Crippen molar-refractivity contribution in [3.8, 4) is 0 Å². The fourth-order valence-electron chi connectivity index (χ4n) is 2.65. The van der Waals surface area contributed by atoms with E-state index in [1.54, 1.807) is 24.3 Å². The van der Waals surface area contributed by atoms with Crippen LogP contribution in [0.4, 0.5) is 5.69 Å². The highest BCUT2D eigenvalue weighted by Gasteiger charge is 2.21. The van der Waals surface area contributed by atoms with E-state index in [1.807, 2.05) is 30.3 Å². The largest absolute Gasteiger partial charge is 0.381 e. The highest BCUT2D eigenvalue weighted by atomic mass is 32.2. The molecular weight excluding hydrogens is 324 g/mol. The molecule has 24 heavy (non-hydrogen) atoms. The van der Waals surface area contributed by atoms with Crippen molar-refractivity contribution in [2.24, 2.45) is 0 Å². The maximum absolute atomic E-state index is 12.4. The summed E-state index contributed by atoms with van der Waals surface area (Å²) >= 11 is 0. The summed E-state index contributed by atoms with van der Waals surface area (Å²) in [6.45, 7) is 1.92. The van der Waals surface area contributed by atoms with Crippen molar-refractivity contribution in [2.75, 3.05) is 18.5 Å². The molecule has 0 atom stereocenters. The van der Waals surface area contributed by atoms with Crippen LogP contribution < -0.4 is 10.0 Å². The second kappa shape index (κ2) is 7.79. The van der Waals surface area contributed by atoms with Crippen LogP contribution in [0, 0.1) is 0 Å². The number of hydrogen-bond donors (Lipinski definition) is 2. The molecule has 0 radical (unpaired) electrons. The summed E-state index contributed by atoms with van der Waals surface area (Å²) in [5.41, 5.74) is 2.07. The van der Waals surface area contributed by atoms with Crippen LogP contribution in [0.1, 0.15) is 18.4 Å². The van der Waals surface area contributed by atoms with Crippen molar-refractivity contribution < 1.29 is 13.2 Å². The molecule has 1 aliphatic rings. The number of anilines is 1. The summed E-state index contributed by atoms with van der Waals surface area (Å²) in [4.78, 5) is 0.291. The van der Waals surface area contributed by atoms with E-state index in [1.165, 1.54) is 5.56 Å². The zero-order valence-electron chi connectivity index (χ0n) is 13.4. The molecule has 1 fully saturated rings. The number of sulfonamides is 1. The topological polar surface area (TPSA) is 67.4 Å². The first-order valence-corrected chi connectivity index (χ1v) is 9.60. The molecule has 3 rings (SSSR count). The molecule has 0 unspecified atom stereocenters. The van der Waals surface area contributed by atoms with Gasteiger partial charge in [-0.05, 0) is 42.7 Å². The molecule has 1 aliphatic heterocycles. The lowest BCUT2D eigenvalue weighted by Crippen LogP contribution is -2.38. The van der Waals surface area contributed by atoms with Crippen LogP contribution in [0.5, 0.6) is 0 Å². The van der Waals surface area contributed by atoms with E-state index >= 15 is 0 Å². The quantitative estimate of drug-likeness (QED) is 0.844. The van der Waals surface area contributed by atoms with Gasteiger partial charge in [0.25, 0.3) is 0 Å². The number of hydrogen-bond acceptors (Lipinski definition) is 4. The molecular formula is C18H22N2O3S. The fraction of sp³-hybridized carbons (Fsp3) is 0.333. The molecule has 2 aromatic carbocycles. The summed E-state index contributed by atoms with van der Waals surface area (Å²) in [7, 11) is -3.48. The molecule has 128 valence electrons. The minimum atomic E-state index is -3.48. The van der Waals surface area contributed by atoms with E-state index in [0.29, 0.717) is 24.7 Å². The van der Waals surface area contributed by atoms with Crippen molar-refractivity contribution in [1.29, 1.82) is 0 Å². The van der Waals surface area contributed by atoms with Crippen molar-refractivity contribution in [1.82, 2.24) is 4.72 Å². The maximum atomic E-state index is 12.4. The summed E-state index contributed by atoms with van der Waals surface area (Å²) in [5, 5.41) is 3.29. The van der Waals surface area contributed by atoms with Crippen LogP contribution in [-0.2, 0) is 21.3 Å². The second-order valence-electron chi connectivity index (χ2n) is 5.87. The van der Waals surface area contributed by atoms with Crippen molar-refractivity contribution in [2.45, 2.75) is 30.3 Å². The predicted molar refractivity (Wildman–Crippen MR) is 94.4 cm³/mol. The second-order valence-corrected chi connectivity index (χ2v) is 7.59. The smallest absolute Gasteiger partial charge is 0.240 e. The summed E-state index contributed by atoms with van der Waals surface area (Å²) in [6, 6.07) is 16.9. The Labute approximate surface area is 143 Å². The number of nitrogens with one attached hydrogen (secondary N) is 2. The van der Waals surface area contributed by atoms with Crippen LogP contribution >= 0.6 is 0 Å². The molecule has 2 aromatic rings. The van der Waals surface area contributed by atoms with E-state index in [-0.39, 0.29) is 6.04 Å². The predicted octanol–water partition coefficient (Wildman–Crippen LogP) is 2.76. The van der Waals surface area contributed by atoms with Gasteiger partial charge in [0, 0.05) is 31.5 Å². The van der Waals surface area contributed by atoms with Gasteiger partial charge < -0.3 is 10.1 Å². The molecule has 6 heteroatoms. The fourth-order valence-corrected chi connectivity index (χ4v) is 3.96. The molecule has 1 heterocycles. The lowest BCUT2D eigenvalue weighted by Gasteiger charge is -2.23. The van der Waals surface area contributed by atoms with Crippen LogP contribution in [0.25, 0.3) is 0 Å². The van der Waals surface area contributed by atoms with E-state index in [4.69, 9.17) is 4.74 Å². The highest BCUT2D eigenvalue weighted by Crippen LogP contribution is 2.17. The van der Waals surface area contributed by atoms with Gasteiger partial charge in [-0.3, -0.25) is 0 Å². The van der Waals surface area contributed by atoms with Gasteiger partial charge in [0.05, 0.1) is 4.90 Å². The van der Waals surface area contributed by atoms with E-state index in [2.05, 4.69) is 10.0 Å². The molecule has 0 amide bonds. The first kappa shape index (κ1) is 17.0. The Morgan fingerprint density at radius 1 is 0.958 bits per heavy atom. The minimum absolute atomic E-state index is 0.0420. The molecule has 0 bridgehead atoms. The Hall–Kier alpha value is -1.89. The lowest BCUT2D eigenvalue weighted by atomic mass is 10.1. The Bertz CT molecular complexity index is 740. The average molecular weight is 346 g/mol. The first-order chi connectivity index (χ1) is 11.6. The van der Waals surface area contributed by atoms with Gasteiger partial charge in [0.1, 0.15) is 0 Å². The van der Waals surface area contributed by atoms with Gasteiger partial charge in [-0.15, -0.1) is 0 Å². The van der Waals surface area contributed by atoms with Gasteiger partial charge in [-0.25, -0.2) is 13.1 Å². The van der Waals surface area contributed by atoms with Crippen molar-refractivity contribution in [3.63, 3.8) is 0 Å². The van der Waals surface area contributed by atoms with Crippen LogP contribution in [0.3, 0.4) is 0 Å². The van der Waals surface area contributed by atoms with E-state index < -0.39 is 10.0 Å². The third-order valence-electron chi connectivity index (χ3n) is 4.05. The summed E-state index contributed by atoms with van der Waals surface area (Å²) in [5.74, 6) is 0. The van der Waals surface area contributed by atoms with Crippen molar-refractivity contribution >= 4 is 15.7 Å². The lowest BCUT2D eigenvalue weighted by molar-refractivity contribution is 0.0832. The van der Waals surface area contributed by atoms with E-state index in [9.17, 15) is 8.42 Å². The normalized spacial score (nSPS) is 16.0. The third kappa shape index (κ3) is 4.56. The van der Waals surface area contributed by atoms with Gasteiger partial charge in [-0.2, -0.15) is 0 Å². The number of ether oxygens (including phenoxy) is 1. The van der Waals surface area contributed by atoms with E-state index in [0.717, 1.165) is 18.5 Å². The minimum Gasteiger partial charge on any atom is -0.381 e. The average Bonchev–Trinajstić information content (AvgIpc) is 2.62. The molecule has 2 N–H and O–H groups in total. The van der Waals surface area contributed by atoms with Gasteiger partial charge in [0.15, 0.2) is 0 Å². The maximum Gasteiger partial charge on any atom is 0.240 e. The molecule has 0 aromatic heterocycles. The summed E-state index contributed by atoms with van der Waals surface area (Å²) < 4.78 is 32.9. The number of benzene rings is 2. The van der Waals surface area contributed by atoms with Gasteiger partial charge >= 0.3 is 0 Å².